The topological polar surface area (TPSA) is 196 Å². The minimum atomic E-state index is -1.27. The molecule has 1 rings (SSSR count). The van der Waals surface area contributed by atoms with Crippen LogP contribution in [0.25, 0.3) is 0 Å². The van der Waals surface area contributed by atoms with Crippen LogP contribution in [-0.4, -0.2) is 69.7 Å². The number of benzene rings is 1. The monoisotopic (exact) mass is 469 g/mol. The molecule has 0 fully saturated rings. The van der Waals surface area contributed by atoms with Gasteiger partial charge in [0.05, 0.1) is 0 Å². The molecular weight excluding hydrogens is 442 g/mol. The van der Waals surface area contributed by atoms with Gasteiger partial charge in [-0.1, -0.05) is 19.1 Å². The van der Waals surface area contributed by atoms with Crippen molar-refractivity contribution in [3.05, 3.63) is 29.8 Å². The number of rotatable bonds is 14. The number of aromatic hydroxyl groups is 1. The Bertz CT molecular complexity index is 835. The van der Waals surface area contributed by atoms with Crippen LogP contribution in [-0.2, 0) is 24.0 Å². The lowest BCUT2D eigenvalue weighted by molar-refractivity contribution is -0.139. The van der Waals surface area contributed by atoms with Gasteiger partial charge in [0, 0.05) is 23.3 Å². The van der Waals surface area contributed by atoms with Crippen LogP contribution in [0.4, 0.5) is 0 Å². The summed E-state index contributed by atoms with van der Waals surface area (Å²) in [5, 5.41) is 31.5. The number of thioether (sulfide) groups is 1. The highest BCUT2D eigenvalue weighted by Crippen LogP contribution is 2.36. The molecule has 0 saturated heterocycles. The molecule has 32 heavy (non-hydrogen) atoms. The van der Waals surface area contributed by atoms with E-state index in [1.165, 1.54) is 23.9 Å². The normalized spacial score (nSPS) is 14.4. The molecule has 0 aliphatic heterocycles. The van der Waals surface area contributed by atoms with Gasteiger partial charge in [-0.05, 0) is 24.1 Å². The minimum absolute atomic E-state index is 0.00465. The lowest BCUT2D eigenvalue weighted by atomic mass is 10.0. The number of amides is 2. The first-order valence-corrected chi connectivity index (χ1v) is 10.7. The van der Waals surface area contributed by atoms with Gasteiger partial charge in [0.25, 0.3) is 0 Å². The zero-order valence-electron chi connectivity index (χ0n) is 17.4. The van der Waals surface area contributed by atoms with Crippen LogP contribution >= 0.6 is 11.8 Å². The van der Waals surface area contributed by atoms with Gasteiger partial charge in [0.15, 0.2) is 0 Å². The van der Waals surface area contributed by atoms with Gasteiger partial charge in [0.1, 0.15) is 30.7 Å². The number of aldehydes is 1. The smallest absolute Gasteiger partial charge is 0.322 e. The molecule has 1 aromatic carbocycles. The maximum Gasteiger partial charge on any atom is 0.322 e. The summed E-state index contributed by atoms with van der Waals surface area (Å²) < 4.78 is 0. The van der Waals surface area contributed by atoms with Crippen molar-refractivity contribution in [2.75, 3.05) is 12.3 Å². The van der Waals surface area contributed by atoms with Crippen molar-refractivity contribution >= 4 is 41.8 Å². The van der Waals surface area contributed by atoms with Crippen LogP contribution in [0.3, 0.4) is 0 Å². The summed E-state index contributed by atoms with van der Waals surface area (Å²) in [6.07, 6.45) is 0.334. The molecule has 0 spiro atoms. The van der Waals surface area contributed by atoms with Gasteiger partial charge < -0.3 is 36.5 Å². The quantitative estimate of drug-likeness (QED) is 0.200. The number of carboxylic acid groups (broad SMARTS) is 2. The Morgan fingerprint density at radius 3 is 2.47 bits per heavy atom. The second kappa shape index (κ2) is 13.3. The second-order valence-corrected chi connectivity index (χ2v) is 8.23. The Labute approximate surface area is 188 Å². The van der Waals surface area contributed by atoms with E-state index in [0.717, 1.165) is 6.29 Å². The lowest BCUT2D eigenvalue weighted by Crippen LogP contribution is -2.49. The number of nitrogens with one attached hydrogen (secondary N) is 2. The van der Waals surface area contributed by atoms with Crippen LogP contribution < -0.4 is 16.4 Å². The molecule has 0 aromatic heterocycles. The summed E-state index contributed by atoms with van der Waals surface area (Å²) in [7, 11) is 0. The van der Waals surface area contributed by atoms with E-state index in [-0.39, 0.29) is 24.3 Å². The van der Waals surface area contributed by atoms with Crippen molar-refractivity contribution in [1.29, 1.82) is 0 Å². The van der Waals surface area contributed by atoms with Gasteiger partial charge >= 0.3 is 11.9 Å². The molecule has 0 heterocycles. The van der Waals surface area contributed by atoms with Crippen LogP contribution in [0.15, 0.2) is 24.3 Å². The predicted octanol–water partition coefficient (Wildman–Crippen LogP) is -0.121. The lowest BCUT2D eigenvalue weighted by Gasteiger charge is -2.24. The first-order valence-electron chi connectivity index (χ1n) is 9.68. The minimum Gasteiger partial charge on any atom is -0.508 e. The molecule has 12 heteroatoms. The third kappa shape index (κ3) is 9.35. The van der Waals surface area contributed by atoms with Crippen molar-refractivity contribution in [3.8, 4) is 5.75 Å². The molecule has 0 aliphatic rings. The van der Waals surface area contributed by atoms with Crippen molar-refractivity contribution in [2.24, 2.45) is 11.7 Å². The van der Waals surface area contributed by atoms with Crippen molar-refractivity contribution in [2.45, 2.75) is 37.1 Å². The summed E-state index contributed by atoms with van der Waals surface area (Å²) in [5.41, 5.74) is 6.02. The molecular formula is C20H27N3O8S. The molecule has 4 atom stereocenters. The summed E-state index contributed by atoms with van der Waals surface area (Å²) in [5.74, 6) is -4.41. The van der Waals surface area contributed by atoms with E-state index in [0.29, 0.717) is 5.56 Å². The van der Waals surface area contributed by atoms with Crippen molar-refractivity contribution < 1.29 is 39.3 Å². The Hall–Kier alpha value is -3.12. The van der Waals surface area contributed by atoms with Gasteiger partial charge in [-0.25, -0.2) is 0 Å². The first-order chi connectivity index (χ1) is 15.0. The van der Waals surface area contributed by atoms with E-state index in [2.05, 4.69) is 10.6 Å². The first kappa shape index (κ1) is 26.9. The highest BCUT2D eigenvalue weighted by molar-refractivity contribution is 7.99. The number of carbonyl (C=O) groups excluding carboxylic acids is 3. The molecule has 11 nitrogen and oxygen atoms in total. The number of carboxylic acids is 2. The van der Waals surface area contributed by atoms with E-state index in [4.69, 9.17) is 15.9 Å². The summed E-state index contributed by atoms with van der Waals surface area (Å²) >= 11 is 1.17. The number of nitrogens with two attached hydrogens (primary N) is 1. The molecule has 4 unspecified atom stereocenters. The molecule has 2 amide bonds. The zero-order valence-corrected chi connectivity index (χ0v) is 18.2. The molecule has 7 N–H and O–H groups in total. The molecule has 0 saturated carbocycles. The zero-order chi connectivity index (χ0) is 24.3. The number of hydrogen-bond acceptors (Lipinski definition) is 8. The standard InChI is InChI=1S/C20H27N3O8S/c1-11(9-24)18(12-3-2-4-13(25)7-12)32-10-15(19(29)22-8-17(27)28)23-16(26)6-5-14(21)20(30)31/h2-4,7,9,11,14-15,18,25H,5-6,8,10,21H2,1H3,(H,22,29)(H,23,26)(H,27,28)(H,30,31). The van der Waals surface area contributed by atoms with Crippen LogP contribution in [0.5, 0.6) is 5.75 Å². The van der Waals surface area contributed by atoms with E-state index in [1.807, 2.05) is 0 Å². The molecule has 0 radical (unpaired) electrons. The Morgan fingerprint density at radius 2 is 1.91 bits per heavy atom. The highest BCUT2D eigenvalue weighted by Gasteiger charge is 2.27. The van der Waals surface area contributed by atoms with Gasteiger partial charge in [0.2, 0.25) is 11.8 Å². The highest BCUT2D eigenvalue weighted by atomic mass is 32.2. The Morgan fingerprint density at radius 1 is 1.22 bits per heavy atom. The SMILES string of the molecule is CC(C=O)C(SCC(NC(=O)CCC(N)C(=O)O)C(=O)NCC(=O)O)c1cccc(O)c1. The average molecular weight is 470 g/mol. The number of carbonyl (C=O) groups is 5. The fraction of sp³-hybridized carbons (Fsp3) is 0.450. The number of phenolic OH excluding ortho intramolecular Hbond substituents is 1. The predicted molar refractivity (Wildman–Crippen MR) is 116 cm³/mol. The van der Waals surface area contributed by atoms with Gasteiger partial charge in [-0.3, -0.25) is 19.2 Å². The molecule has 176 valence electrons. The van der Waals surface area contributed by atoms with Crippen LogP contribution in [0.1, 0.15) is 30.6 Å². The van der Waals surface area contributed by atoms with E-state index in [9.17, 15) is 29.1 Å². The third-order valence-corrected chi connectivity index (χ3v) is 5.98. The van der Waals surface area contributed by atoms with E-state index < -0.39 is 53.5 Å². The van der Waals surface area contributed by atoms with Crippen LogP contribution in [0, 0.1) is 5.92 Å². The third-order valence-electron chi connectivity index (χ3n) is 4.40. The van der Waals surface area contributed by atoms with Crippen molar-refractivity contribution in [1.82, 2.24) is 10.6 Å². The van der Waals surface area contributed by atoms with Crippen molar-refractivity contribution in [3.63, 3.8) is 0 Å². The summed E-state index contributed by atoms with van der Waals surface area (Å²) in [6, 6.07) is 3.90. The molecule has 1 aromatic rings. The van der Waals surface area contributed by atoms with Crippen LogP contribution in [0.2, 0.25) is 0 Å². The fourth-order valence-electron chi connectivity index (χ4n) is 2.67. The second-order valence-electron chi connectivity index (χ2n) is 7.06. The Balaban J connectivity index is 2.93. The maximum absolute atomic E-state index is 12.4. The number of aliphatic carboxylic acids is 2. The maximum atomic E-state index is 12.4. The largest absolute Gasteiger partial charge is 0.508 e. The molecule has 0 aliphatic carbocycles. The summed E-state index contributed by atoms with van der Waals surface area (Å²) in [6.45, 7) is 1.01. The summed E-state index contributed by atoms with van der Waals surface area (Å²) in [4.78, 5) is 57.6. The fourth-order valence-corrected chi connectivity index (χ4v) is 4.01. The van der Waals surface area contributed by atoms with Gasteiger partial charge in [-0.2, -0.15) is 11.8 Å². The number of phenols is 1. The van der Waals surface area contributed by atoms with E-state index >= 15 is 0 Å². The Kier molecular flexibility index (Phi) is 11.2. The van der Waals surface area contributed by atoms with E-state index in [1.54, 1.807) is 19.1 Å². The molecule has 0 bridgehead atoms. The van der Waals surface area contributed by atoms with Gasteiger partial charge in [-0.15, -0.1) is 0 Å². The average Bonchev–Trinajstić information content (AvgIpc) is 2.74. The number of hydrogen-bond donors (Lipinski definition) is 6.